The molecule has 0 spiro atoms. The largest absolute Gasteiger partial charge is 0.351 e. The monoisotopic (exact) mass is 307 g/mol. The highest BCUT2D eigenvalue weighted by Gasteiger charge is 2.09. The Morgan fingerprint density at radius 2 is 2.25 bits per heavy atom. The minimum atomic E-state index is -0.934. The van der Waals surface area contributed by atoms with Crippen LogP contribution >= 0.6 is 15.9 Å². The van der Waals surface area contributed by atoms with Gasteiger partial charge < -0.3 is 5.32 Å². The average molecular weight is 308 g/mol. The van der Waals surface area contributed by atoms with Crippen molar-refractivity contribution in [3.63, 3.8) is 0 Å². The van der Waals surface area contributed by atoms with Crippen LogP contribution in [0.15, 0.2) is 22.7 Å². The van der Waals surface area contributed by atoms with Crippen molar-refractivity contribution in [1.29, 1.82) is 0 Å². The van der Waals surface area contributed by atoms with Crippen molar-refractivity contribution in [2.24, 2.45) is 0 Å². The minimum Gasteiger partial charge on any atom is -0.351 e. The van der Waals surface area contributed by atoms with Crippen molar-refractivity contribution in [3.8, 4) is 0 Å². The van der Waals surface area contributed by atoms with Gasteiger partial charge in [-0.25, -0.2) is 4.39 Å². The molecule has 6 heteroatoms. The van der Waals surface area contributed by atoms with Gasteiger partial charge in [0.25, 0.3) is 5.91 Å². The second kappa shape index (κ2) is 6.10. The zero-order valence-electron chi connectivity index (χ0n) is 8.63. The third-order valence-corrected chi connectivity index (χ3v) is 3.29. The van der Waals surface area contributed by atoms with Gasteiger partial charge in [0, 0.05) is 33.8 Å². The van der Waals surface area contributed by atoms with Crippen molar-refractivity contribution < 1.29 is 13.4 Å². The van der Waals surface area contributed by atoms with E-state index in [1.807, 2.05) is 0 Å². The zero-order valence-corrected chi connectivity index (χ0v) is 11.0. The highest BCUT2D eigenvalue weighted by Crippen LogP contribution is 2.17. The third kappa shape index (κ3) is 4.02. The molecule has 1 aromatic carbocycles. The van der Waals surface area contributed by atoms with Gasteiger partial charge in [0.1, 0.15) is 5.82 Å². The van der Waals surface area contributed by atoms with Crippen LogP contribution in [-0.4, -0.2) is 28.7 Å². The summed E-state index contributed by atoms with van der Waals surface area (Å²) in [7, 11) is -0.934. The van der Waals surface area contributed by atoms with Crippen molar-refractivity contribution in [2.75, 3.05) is 18.6 Å². The Balaban J connectivity index is 2.63. The lowest BCUT2D eigenvalue weighted by Gasteiger charge is -2.05. The molecule has 0 aliphatic carbocycles. The fourth-order valence-corrected chi connectivity index (χ4v) is 2.00. The lowest BCUT2D eigenvalue weighted by Crippen LogP contribution is -2.27. The van der Waals surface area contributed by atoms with Crippen LogP contribution in [0, 0.1) is 5.82 Å². The van der Waals surface area contributed by atoms with E-state index in [1.165, 1.54) is 18.2 Å². The second-order valence-corrected chi connectivity index (χ2v) is 5.57. The van der Waals surface area contributed by atoms with E-state index >= 15 is 0 Å². The second-order valence-electron chi connectivity index (χ2n) is 3.16. The van der Waals surface area contributed by atoms with Gasteiger partial charge in [-0.05, 0) is 34.1 Å². The number of halogens is 2. The van der Waals surface area contributed by atoms with Crippen LogP contribution in [0.4, 0.5) is 4.39 Å². The number of carbonyl (C=O) groups is 1. The fraction of sp³-hybridized carbons (Fsp3) is 0.300. The summed E-state index contributed by atoms with van der Waals surface area (Å²) in [6.07, 6.45) is 1.57. The lowest BCUT2D eigenvalue weighted by atomic mass is 10.2. The predicted octanol–water partition coefficient (Wildman–Crippen LogP) is 1.70. The number of benzene rings is 1. The van der Waals surface area contributed by atoms with Gasteiger partial charge in [0.15, 0.2) is 0 Å². The lowest BCUT2D eigenvalue weighted by molar-refractivity contribution is 0.0955. The van der Waals surface area contributed by atoms with Crippen LogP contribution < -0.4 is 5.32 Å². The molecular weight excluding hydrogens is 297 g/mol. The smallest absolute Gasteiger partial charge is 0.252 e. The SMILES string of the molecule is CS(=O)CCNC(=O)c1ccc(F)cc1Br. The zero-order chi connectivity index (χ0) is 12.1. The summed E-state index contributed by atoms with van der Waals surface area (Å²) in [6.45, 7) is 0.339. The van der Waals surface area contributed by atoms with Gasteiger partial charge in [-0.3, -0.25) is 9.00 Å². The minimum absolute atomic E-state index is 0.308. The molecule has 0 heterocycles. The Morgan fingerprint density at radius 1 is 1.56 bits per heavy atom. The van der Waals surface area contributed by atoms with E-state index in [2.05, 4.69) is 21.2 Å². The molecule has 0 aromatic heterocycles. The van der Waals surface area contributed by atoms with Crippen molar-refractivity contribution >= 4 is 32.6 Å². The first-order valence-electron chi connectivity index (χ1n) is 4.54. The van der Waals surface area contributed by atoms with Crippen LogP contribution in [0.1, 0.15) is 10.4 Å². The summed E-state index contributed by atoms with van der Waals surface area (Å²) in [4.78, 5) is 11.6. The van der Waals surface area contributed by atoms with Crippen LogP contribution in [0.5, 0.6) is 0 Å². The molecule has 1 aromatic rings. The van der Waals surface area contributed by atoms with Crippen LogP contribution in [0.2, 0.25) is 0 Å². The third-order valence-electron chi connectivity index (χ3n) is 1.85. The van der Waals surface area contributed by atoms with E-state index in [-0.39, 0.29) is 5.91 Å². The van der Waals surface area contributed by atoms with Gasteiger partial charge in [-0.15, -0.1) is 0 Å². The maximum atomic E-state index is 12.8. The first kappa shape index (κ1) is 13.3. The van der Waals surface area contributed by atoms with E-state index in [1.54, 1.807) is 6.26 Å². The Bertz CT molecular complexity index is 425. The molecule has 1 unspecified atom stereocenters. The average Bonchev–Trinajstić information content (AvgIpc) is 2.16. The fourth-order valence-electron chi connectivity index (χ4n) is 1.08. The standard InChI is InChI=1S/C10H11BrFNO2S/c1-16(15)5-4-13-10(14)8-3-2-7(12)6-9(8)11/h2-3,6H,4-5H2,1H3,(H,13,14). The number of rotatable bonds is 4. The van der Waals surface area contributed by atoms with Gasteiger partial charge in [-0.1, -0.05) is 0 Å². The summed E-state index contributed by atoms with van der Waals surface area (Å²) >= 11 is 3.11. The Hall–Kier alpha value is -0.750. The first-order chi connectivity index (χ1) is 7.50. The molecule has 16 heavy (non-hydrogen) atoms. The summed E-state index contributed by atoms with van der Waals surface area (Å²) in [5, 5.41) is 2.61. The summed E-state index contributed by atoms with van der Waals surface area (Å²) in [5.41, 5.74) is 0.364. The summed E-state index contributed by atoms with van der Waals surface area (Å²) < 4.78 is 23.9. The van der Waals surface area contributed by atoms with Gasteiger partial charge in [-0.2, -0.15) is 0 Å². The molecule has 1 atom stereocenters. The van der Waals surface area contributed by atoms with E-state index < -0.39 is 16.6 Å². The van der Waals surface area contributed by atoms with Crippen LogP contribution in [0.3, 0.4) is 0 Å². The molecule has 88 valence electrons. The van der Waals surface area contributed by atoms with Crippen molar-refractivity contribution in [3.05, 3.63) is 34.1 Å². The molecule has 1 N–H and O–H groups in total. The number of hydrogen-bond donors (Lipinski definition) is 1. The van der Waals surface area contributed by atoms with E-state index in [0.717, 1.165) is 0 Å². The van der Waals surface area contributed by atoms with Crippen LogP contribution in [-0.2, 0) is 10.8 Å². The van der Waals surface area contributed by atoms with E-state index in [4.69, 9.17) is 0 Å². The Morgan fingerprint density at radius 3 is 2.81 bits per heavy atom. The van der Waals surface area contributed by atoms with E-state index in [9.17, 15) is 13.4 Å². The molecule has 0 aliphatic rings. The molecule has 0 saturated carbocycles. The van der Waals surface area contributed by atoms with Crippen molar-refractivity contribution in [1.82, 2.24) is 5.32 Å². The number of carbonyl (C=O) groups excluding carboxylic acids is 1. The molecule has 1 rings (SSSR count). The van der Waals surface area contributed by atoms with Gasteiger partial charge in [0.2, 0.25) is 0 Å². The van der Waals surface area contributed by atoms with Gasteiger partial charge in [0.05, 0.1) is 5.56 Å². The molecule has 1 amide bonds. The highest BCUT2D eigenvalue weighted by atomic mass is 79.9. The molecule has 3 nitrogen and oxygen atoms in total. The maximum Gasteiger partial charge on any atom is 0.252 e. The summed E-state index contributed by atoms with van der Waals surface area (Å²) in [6, 6.07) is 3.85. The number of amides is 1. The molecule has 0 bridgehead atoms. The molecular formula is C10H11BrFNO2S. The predicted molar refractivity (Wildman–Crippen MR) is 65.4 cm³/mol. The van der Waals surface area contributed by atoms with Crippen LogP contribution in [0.25, 0.3) is 0 Å². The molecule has 0 saturated heterocycles. The van der Waals surface area contributed by atoms with E-state index in [0.29, 0.717) is 22.3 Å². The first-order valence-corrected chi connectivity index (χ1v) is 7.06. The van der Waals surface area contributed by atoms with Crippen molar-refractivity contribution in [2.45, 2.75) is 0 Å². The molecule has 0 aliphatic heterocycles. The molecule has 0 radical (unpaired) electrons. The number of hydrogen-bond acceptors (Lipinski definition) is 2. The number of nitrogens with one attached hydrogen (secondary N) is 1. The summed E-state index contributed by atoms with van der Waals surface area (Å²) in [5.74, 6) is -0.305. The Kier molecular flexibility index (Phi) is 5.08. The topological polar surface area (TPSA) is 46.2 Å². The Labute approximate surface area is 104 Å². The van der Waals surface area contributed by atoms with Gasteiger partial charge >= 0.3 is 0 Å². The normalized spacial score (nSPS) is 12.2. The molecule has 0 fully saturated rings. The quantitative estimate of drug-likeness (QED) is 0.920. The highest BCUT2D eigenvalue weighted by molar-refractivity contribution is 9.10. The maximum absolute atomic E-state index is 12.8.